The van der Waals surface area contributed by atoms with Crippen LogP contribution in [-0.2, 0) is 9.36 Å². The molecule has 3 atom stereocenters. The summed E-state index contributed by atoms with van der Waals surface area (Å²) in [6.45, 7) is 0. The van der Waals surface area contributed by atoms with E-state index >= 15 is 0 Å². The lowest BCUT2D eigenvalue weighted by molar-refractivity contribution is -0.131. The average molecular weight is 548 g/mol. The number of phenols is 1. The highest BCUT2D eigenvalue weighted by molar-refractivity contribution is 7.60. The number of aliphatic hydroxyl groups excluding tert-OH is 1. The topological polar surface area (TPSA) is 118 Å². The third-order valence-electron chi connectivity index (χ3n) is 7.10. The van der Waals surface area contributed by atoms with Gasteiger partial charge in [0.05, 0.1) is 23.4 Å². The number of β-lactam (4-membered cyclic amide) rings is 1. The largest absolute Gasteiger partial charge is 0.507 e. The van der Waals surface area contributed by atoms with Gasteiger partial charge < -0.3 is 24.9 Å². The SMILES string of the molecule is O=C1[C@H](CCC(O)c2cccc(F)c2)[C@@H](c2ccc(-c3ccccc3P(=O)(O)O)c(O)c2)N1c1ccccc1. The van der Waals surface area contributed by atoms with Crippen LogP contribution in [0.15, 0.2) is 97.1 Å². The van der Waals surface area contributed by atoms with Crippen molar-refractivity contribution in [1.29, 1.82) is 0 Å². The zero-order valence-electron chi connectivity index (χ0n) is 20.8. The number of anilines is 1. The Morgan fingerprint density at radius 2 is 1.59 bits per heavy atom. The molecule has 1 aliphatic rings. The predicted octanol–water partition coefficient (Wildman–Crippen LogP) is 5.22. The molecule has 39 heavy (non-hydrogen) atoms. The summed E-state index contributed by atoms with van der Waals surface area (Å²) in [5.41, 5.74) is 2.23. The van der Waals surface area contributed by atoms with Crippen molar-refractivity contribution in [3.05, 3.63) is 114 Å². The fourth-order valence-electron chi connectivity index (χ4n) is 5.22. The molecular weight excluding hydrogens is 520 g/mol. The molecule has 1 unspecified atom stereocenters. The average Bonchev–Trinajstić information content (AvgIpc) is 2.91. The fraction of sp³-hybridized carbons (Fsp3) is 0.167. The van der Waals surface area contributed by atoms with Crippen LogP contribution in [0.1, 0.15) is 36.1 Å². The van der Waals surface area contributed by atoms with Crippen molar-refractivity contribution >= 4 is 24.5 Å². The lowest BCUT2D eigenvalue weighted by atomic mass is 9.78. The molecule has 5 rings (SSSR count). The Labute approximate surface area is 225 Å². The molecule has 0 aliphatic carbocycles. The van der Waals surface area contributed by atoms with E-state index in [-0.39, 0.29) is 34.5 Å². The van der Waals surface area contributed by atoms with E-state index in [0.29, 0.717) is 23.2 Å². The van der Waals surface area contributed by atoms with Crippen LogP contribution in [0.2, 0.25) is 0 Å². The minimum atomic E-state index is -4.59. The van der Waals surface area contributed by atoms with Crippen molar-refractivity contribution in [1.82, 2.24) is 0 Å². The number of carbonyl (C=O) groups excluding carboxylic acids is 1. The first-order chi connectivity index (χ1) is 18.6. The normalized spacial score (nSPS) is 18.1. The number of para-hydroxylation sites is 1. The minimum Gasteiger partial charge on any atom is -0.507 e. The summed E-state index contributed by atoms with van der Waals surface area (Å²) < 4.78 is 25.7. The number of nitrogens with zero attached hydrogens (tertiary/aromatic N) is 1. The molecule has 9 heteroatoms. The standard InChI is InChI=1S/C30H27FNO6P/c31-21-8-6-7-19(17-21)26(33)16-15-25-29(32(30(25)35)22-9-2-1-3-10-22)20-13-14-23(27(34)18-20)24-11-4-5-12-28(24)39(36,37)38/h1-14,17-18,25-26,29,33-34H,15-16H2,(H2,36,37,38)/t25-,26?,29-/m1/s1. The Kier molecular flexibility index (Phi) is 7.38. The van der Waals surface area contributed by atoms with Crippen molar-refractivity contribution in [3.63, 3.8) is 0 Å². The predicted molar refractivity (Wildman–Crippen MR) is 146 cm³/mol. The number of phenolic OH excluding ortho intramolecular Hbond substituents is 1. The summed E-state index contributed by atoms with van der Waals surface area (Å²) in [5.74, 6) is -1.26. The van der Waals surface area contributed by atoms with Crippen molar-refractivity contribution in [2.24, 2.45) is 5.92 Å². The van der Waals surface area contributed by atoms with Gasteiger partial charge in [-0.2, -0.15) is 0 Å². The van der Waals surface area contributed by atoms with Gasteiger partial charge in [0.25, 0.3) is 0 Å². The molecule has 1 fully saturated rings. The third kappa shape index (κ3) is 5.37. The van der Waals surface area contributed by atoms with E-state index in [9.17, 15) is 33.7 Å². The maximum absolute atomic E-state index is 13.6. The van der Waals surface area contributed by atoms with Gasteiger partial charge in [-0.15, -0.1) is 0 Å². The van der Waals surface area contributed by atoms with Gasteiger partial charge in [-0.3, -0.25) is 9.36 Å². The number of halogens is 1. The molecule has 7 nitrogen and oxygen atoms in total. The van der Waals surface area contributed by atoms with Gasteiger partial charge in [0.1, 0.15) is 11.6 Å². The second-order valence-corrected chi connectivity index (χ2v) is 11.2. The lowest BCUT2D eigenvalue weighted by Crippen LogP contribution is -2.55. The van der Waals surface area contributed by atoms with Gasteiger partial charge in [0.15, 0.2) is 0 Å². The molecule has 0 radical (unpaired) electrons. The van der Waals surface area contributed by atoms with E-state index in [0.717, 1.165) is 0 Å². The van der Waals surface area contributed by atoms with Crippen LogP contribution < -0.4 is 10.2 Å². The van der Waals surface area contributed by atoms with E-state index in [4.69, 9.17) is 0 Å². The van der Waals surface area contributed by atoms with Crippen molar-refractivity contribution in [3.8, 4) is 16.9 Å². The number of aliphatic hydroxyl groups is 1. The van der Waals surface area contributed by atoms with E-state index in [1.165, 1.54) is 42.5 Å². The molecule has 1 amide bonds. The molecule has 4 N–H and O–H groups in total. The molecule has 0 spiro atoms. The molecule has 0 saturated carbocycles. The first kappa shape index (κ1) is 26.8. The quantitative estimate of drug-likeness (QED) is 0.178. The monoisotopic (exact) mass is 547 g/mol. The van der Waals surface area contributed by atoms with Gasteiger partial charge in [-0.1, -0.05) is 60.7 Å². The smallest absolute Gasteiger partial charge is 0.356 e. The highest BCUT2D eigenvalue weighted by Crippen LogP contribution is 2.48. The molecule has 1 aliphatic heterocycles. The van der Waals surface area contributed by atoms with Crippen molar-refractivity contribution < 1.29 is 33.7 Å². The molecule has 1 heterocycles. The summed E-state index contributed by atoms with van der Waals surface area (Å²) in [6.07, 6.45) is -0.382. The summed E-state index contributed by atoms with van der Waals surface area (Å²) in [4.78, 5) is 34.5. The number of hydrogen-bond acceptors (Lipinski definition) is 4. The summed E-state index contributed by atoms with van der Waals surface area (Å²) in [5, 5.41) is 21.4. The van der Waals surface area contributed by atoms with Crippen LogP contribution in [0.25, 0.3) is 11.1 Å². The fourth-order valence-corrected chi connectivity index (χ4v) is 6.01. The number of aromatic hydroxyl groups is 1. The van der Waals surface area contributed by atoms with Crippen molar-refractivity contribution in [2.45, 2.75) is 25.0 Å². The third-order valence-corrected chi connectivity index (χ3v) is 8.12. The second-order valence-electron chi connectivity index (χ2n) is 9.58. The summed E-state index contributed by atoms with van der Waals surface area (Å²) >= 11 is 0. The number of amides is 1. The Balaban J connectivity index is 1.46. The molecule has 0 aromatic heterocycles. The van der Waals surface area contributed by atoms with E-state index in [2.05, 4.69) is 0 Å². The van der Waals surface area contributed by atoms with E-state index < -0.39 is 31.5 Å². The van der Waals surface area contributed by atoms with Gasteiger partial charge >= 0.3 is 7.60 Å². The first-order valence-electron chi connectivity index (χ1n) is 12.4. The zero-order valence-corrected chi connectivity index (χ0v) is 21.7. The van der Waals surface area contributed by atoms with Crippen LogP contribution in [0, 0.1) is 11.7 Å². The van der Waals surface area contributed by atoms with Crippen LogP contribution >= 0.6 is 7.60 Å². The molecule has 4 aromatic rings. The molecule has 1 saturated heterocycles. The second kappa shape index (κ2) is 10.8. The number of carbonyl (C=O) groups is 1. The minimum absolute atomic E-state index is 0.131. The van der Waals surface area contributed by atoms with Crippen LogP contribution in [0.3, 0.4) is 0 Å². The zero-order chi connectivity index (χ0) is 27.7. The highest BCUT2D eigenvalue weighted by atomic mass is 31.2. The maximum atomic E-state index is 13.6. The number of rotatable bonds is 8. The Morgan fingerprint density at radius 1 is 0.872 bits per heavy atom. The Bertz CT molecular complexity index is 1560. The Morgan fingerprint density at radius 3 is 2.28 bits per heavy atom. The maximum Gasteiger partial charge on any atom is 0.356 e. The molecule has 4 aromatic carbocycles. The number of hydrogen-bond donors (Lipinski definition) is 4. The molecule has 0 bridgehead atoms. The Hall–Kier alpha value is -3.81. The van der Waals surface area contributed by atoms with Crippen LogP contribution in [-0.4, -0.2) is 25.9 Å². The highest BCUT2D eigenvalue weighted by Gasteiger charge is 2.48. The summed E-state index contributed by atoms with van der Waals surface area (Å²) in [7, 11) is -4.59. The van der Waals surface area contributed by atoms with Gasteiger partial charge in [-0.25, -0.2) is 4.39 Å². The van der Waals surface area contributed by atoms with Crippen molar-refractivity contribution in [2.75, 3.05) is 4.90 Å². The van der Waals surface area contributed by atoms with E-state index in [1.54, 1.807) is 29.2 Å². The van der Waals surface area contributed by atoms with Crippen LogP contribution in [0.5, 0.6) is 5.75 Å². The van der Waals surface area contributed by atoms with Crippen LogP contribution in [0.4, 0.5) is 10.1 Å². The molecule has 200 valence electrons. The lowest BCUT2D eigenvalue weighted by Gasteiger charge is -2.48. The molecular formula is C30H27FNO6P. The van der Waals surface area contributed by atoms with E-state index in [1.807, 2.05) is 30.3 Å². The first-order valence-corrected chi connectivity index (χ1v) is 14.1. The number of benzene rings is 4. The van der Waals surface area contributed by atoms with Gasteiger partial charge in [0.2, 0.25) is 5.91 Å². The van der Waals surface area contributed by atoms with Gasteiger partial charge in [0, 0.05) is 16.8 Å². The summed E-state index contributed by atoms with van der Waals surface area (Å²) in [6, 6.07) is 25.2. The van der Waals surface area contributed by atoms with Gasteiger partial charge in [-0.05, 0) is 60.4 Å².